The number of ether oxygens (including phenoxy) is 1. The lowest BCUT2D eigenvalue weighted by molar-refractivity contribution is -0.0704. The van der Waals surface area contributed by atoms with Gasteiger partial charge >= 0.3 is 0 Å². The number of aliphatic hydroxyl groups excluding tert-OH is 1. The van der Waals surface area contributed by atoms with E-state index in [0.29, 0.717) is 12.5 Å². The number of thioether (sulfide) groups is 1. The fourth-order valence-electron chi connectivity index (χ4n) is 2.85. The van der Waals surface area contributed by atoms with Crippen molar-refractivity contribution in [2.24, 2.45) is 5.92 Å². The molecule has 2 atom stereocenters. The molecule has 0 aromatic heterocycles. The smallest absolute Gasteiger partial charge is 0.0693 e. The highest BCUT2D eigenvalue weighted by molar-refractivity contribution is 7.99. The Balaban J connectivity index is 1.78. The number of hydrogen-bond donors (Lipinski definition) is 1. The Bertz CT molecular complexity index is 214. The molecule has 0 bridgehead atoms. The molecule has 2 rings (SSSR count). The average molecular weight is 244 g/mol. The topological polar surface area (TPSA) is 29.5 Å². The number of aliphatic hydroxyl groups is 1. The van der Waals surface area contributed by atoms with E-state index in [9.17, 15) is 0 Å². The van der Waals surface area contributed by atoms with Crippen LogP contribution in [0.4, 0.5) is 0 Å². The normalized spacial score (nSPS) is 30.8. The maximum atomic E-state index is 9.03. The van der Waals surface area contributed by atoms with Crippen LogP contribution in [0.1, 0.15) is 45.4 Å². The van der Waals surface area contributed by atoms with Crippen LogP contribution >= 0.6 is 11.8 Å². The zero-order valence-electron chi connectivity index (χ0n) is 10.3. The van der Waals surface area contributed by atoms with Gasteiger partial charge in [-0.25, -0.2) is 0 Å². The van der Waals surface area contributed by atoms with Crippen LogP contribution in [0.3, 0.4) is 0 Å². The van der Waals surface area contributed by atoms with Gasteiger partial charge in [0.2, 0.25) is 0 Å². The number of hydrogen-bond acceptors (Lipinski definition) is 3. The van der Waals surface area contributed by atoms with Gasteiger partial charge in [0, 0.05) is 18.5 Å². The van der Waals surface area contributed by atoms with E-state index in [4.69, 9.17) is 9.84 Å². The maximum Gasteiger partial charge on any atom is 0.0693 e. The summed E-state index contributed by atoms with van der Waals surface area (Å²) >= 11 is 2.05. The van der Waals surface area contributed by atoms with Crippen molar-refractivity contribution in [1.29, 1.82) is 0 Å². The van der Waals surface area contributed by atoms with Gasteiger partial charge in [-0.1, -0.05) is 19.8 Å². The van der Waals surface area contributed by atoms with Crippen molar-refractivity contribution in [1.82, 2.24) is 0 Å². The van der Waals surface area contributed by atoms with Crippen LogP contribution in [0.15, 0.2) is 0 Å². The third-order valence-corrected chi connectivity index (χ3v) is 5.53. The maximum absolute atomic E-state index is 9.03. The SMILES string of the molecule is CC(CO)CSC1CCOC2(CCCC2)C1. The Labute approximate surface area is 103 Å². The lowest BCUT2D eigenvalue weighted by atomic mass is 9.92. The van der Waals surface area contributed by atoms with E-state index < -0.39 is 0 Å². The quantitative estimate of drug-likeness (QED) is 0.824. The van der Waals surface area contributed by atoms with Crippen LogP contribution < -0.4 is 0 Å². The fourth-order valence-corrected chi connectivity index (χ4v) is 4.24. The van der Waals surface area contributed by atoms with Crippen molar-refractivity contribution in [3.8, 4) is 0 Å². The highest BCUT2D eigenvalue weighted by Crippen LogP contribution is 2.43. The number of rotatable bonds is 4. The van der Waals surface area contributed by atoms with E-state index >= 15 is 0 Å². The van der Waals surface area contributed by atoms with E-state index in [2.05, 4.69) is 18.7 Å². The molecular formula is C13H24O2S. The first kappa shape index (κ1) is 12.7. The minimum atomic E-state index is 0.248. The molecule has 1 aliphatic carbocycles. The monoisotopic (exact) mass is 244 g/mol. The summed E-state index contributed by atoms with van der Waals surface area (Å²) in [7, 11) is 0. The Kier molecular flexibility index (Phi) is 4.57. The van der Waals surface area contributed by atoms with E-state index in [1.807, 2.05) is 0 Å². The molecule has 0 radical (unpaired) electrons. The molecule has 0 amide bonds. The van der Waals surface area contributed by atoms with Crippen molar-refractivity contribution < 1.29 is 9.84 Å². The van der Waals surface area contributed by atoms with Crippen molar-refractivity contribution in [3.05, 3.63) is 0 Å². The van der Waals surface area contributed by atoms with Crippen molar-refractivity contribution in [2.45, 2.75) is 56.3 Å². The van der Waals surface area contributed by atoms with Gasteiger partial charge in [0.25, 0.3) is 0 Å². The highest BCUT2D eigenvalue weighted by atomic mass is 32.2. The van der Waals surface area contributed by atoms with Crippen molar-refractivity contribution >= 4 is 11.8 Å². The molecule has 2 fully saturated rings. The molecule has 1 spiro atoms. The average Bonchev–Trinajstić information content (AvgIpc) is 2.74. The molecule has 94 valence electrons. The summed E-state index contributed by atoms with van der Waals surface area (Å²) in [5.74, 6) is 1.53. The van der Waals surface area contributed by atoms with Gasteiger partial charge in [0.1, 0.15) is 0 Å². The van der Waals surface area contributed by atoms with E-state index in [0.717, 1.165) is 17.6 Å². The third-order valence-electron chi connectivity index (χ3n) is 3.89. The van der Waals surface area contributed by atoms with Crippen LogP contribution in [0, 0.1) is 5.92 Å². The first-order valence-electron chi connectivity index (χ1n) is 6.60. The van der Waals surface area contributed by atoms with Gasteiger partial charge < -0.3 is 9.84 Å². The Morgan fingerprint density at radius 1 is 1.44 bits per heavy atom. The molecule has 2 aliphatic rings. The van der Waals surface area contributed by atoms with E-state index in [1.54, 1.807) is 0 Å². The molecule has 2 nitrogen and oxygen atoms in total. The van der Waals surface area contributed by atoms with Crippen LogP contribution in [0.25, 0.3) is 0 Å². The van der Waals surface area contributed by atoms with Crippen LogP contribution in [-0.2, 0) is 4.74 Å². The first-order chi connectivity index (χ1) is 7.74. The molecule has 0 aromatic rings. The second-order valence-electron chi connectivity index (χ2n) is 5.47. The summed E-state index contributed by atoms with van der Waals surface area (Å²) < 4.78 is 6.03. The van der Waals surface area contributed by atoms with Gasteiger partial charge in [0.05, 0.1) is 5.60 Å². The molecular weight excluding hydrogens is 220 g/mol. The van der Waals surface area contributed by atoms with Gasteiger partial charge in [-0.05, 0) is 37.4 Å². The Morgan fingerprint density at radius 2 is 2.19 bits per heavy atom. The second kappa shape index (κ2) is 5.74. The first-order valence-corrected chi connectivity index (χ1v) is 7.65. The molecule has 16 heavy (non-hydrogen) atoms. The lowest BCUT2D eigenvalue weighted by Gasteiger charge is -2.38. The standard InChI is InChI=1S/C13H24O2S/c1-11(9-14)10-16-12-4-7-15-13(8-12)5-2-3-6-13/h11-12,14H,2-10H2,1H3. The van der Waals surface area contributed by atoms with Crippen molar-refractivity contribution in [2.75, 3.05) is 19.0 Å². The van der Waals surface area contributed by atoms with E-state index in [-0.39, 0.29) is 5.60 Å². The zero-order chi connectivity index (χ0) is 11.4. The molecule has 1 saturated heterocycles. The zero-order valence-corrected chi connectivity index (χ0v) is 11.1. The third kappa shape index (κ3) is 3.14. The molecule has 1 N–H and O–H groups in total. The summed E-state index contributed by atoms with van der Waals surface area (Å²) in [6.45, 7) is 3.39. The molecule has 2 unspecified atom stereocenters. The summed E-state index contributed by atoms with van der Waals surface area (Å²) in [5, 5.41) is 9.80. The predicted molar refractivity (Wildman–Crippen MR) is 68.9 cm³/mol. The van der Waals surface area contributed by atoms with Crippen LogP contribution in [0.5, 0.6) is 0 Å². The Morgan fingerprint density at radius 3 is 2.88 bits per heavy atom. The minimum Gasteiger partial charge on any atom is -0.396 e. The van der Waals surface area contributed by atoms with Gasteiger partial charge in [0.15, 0.2) is 0 Å². The van der Waals surface area contributed by atoms with Crippen LogP contribution in [-0.4, -0.2) is 34.9 Å². The summed E-state index contributed by atoms with van der Waals surface area (Å²) in [4.78, 5) is 0. The molecule has 0 aromatic carbocycles. The predicted octanol–water partition coefficient (Wildman–Crippen LogP) is 2.84. The molecule has 1 heterocycles. The largest absolute Gasteiger partial charge is 0.396 e. The second-order valence-corrected chi connectivity index (χ2v) is 6.81. The molecule has 1 aliphatic heterocycles. The van der Waals surface area contributed by atoms with Crippen LogP contribution in [0.2, 0.25) is 0 Å². The molecule has 3 heteroatoms. The van der Waals surface area contributed by atoms with Gasteiger partial charge in [-0.3, -0.25) is 0 Å². The minimum absolute atomic E-state index is 0.248. The van der Waals surface area contributed by atoms with E-state index in [1.165, 1.54) is 38.5 Å². The highest BCUT2D eigenvalue weighted by Gasteiger charge is 2.39. The van der Waals surface area contributed by atoms with Gasteiger partial charge in [-0.2, -0.15) is 11.8 Å². The summed E-state index contributed by atoms with van der Waals surface area (Å²) in [5.41, 5.74) is 0.248. The molecule has 1 saturated carbocycles. The fraction of sp³-hybridized carbons (Fsp3) is 1.00. The Hall–Kier alpha value is 0.270. The summed E-state index contributed by atoms with van der Waals surface area (Å²) in [6, 6.07) is 0. The summed E-state index contributed by atoms with van der Waals surface area (Å²) in [6.07, 6.45) is 7.70. The van der Waals surface area contributed by atoms with Gasteiger partial charge in [-0.15, -0.1) is 0 Å². The lowest BCUT2D eigenvalue weighted by Crippen LogP contribution is -2.38. The van der Waals surface area contributed by atoms with Crippen molar-refractivity contribution in [3.63, 3.8) is 0 Å².